The van der Waals surface area contributed by atoms with Gasteiger partial charge >= 0.3 is 0 Å². The summed E-state index contributed by atoms with van der Waals surface area (Å²) in [6.45, 7) is 1.51. The number of thiazole rings is 1. The Morgan fingerprint density at radius 1 is 1.29 bits per heavy atom. The van der Waals surface area contributed by atoms with Crippen LogP contribution >= 0.6 is 34.5 Å². The third-order valence-electron chi connectivity index (χ3n) is 2.79. The number of hydrogen-bond acceptors (Lipinski definition) is 5. The van der Waals surface area contributed by atoms with Crippen molar-refractivity contribution in [1.82, 2.24) is 14.6 Å². The van der Waals surface area contributed by atoms with E-state index in [0.29, 0.717) is 20.1 Å². The number of benzene rings is 1. The molecule has 21 heavy (non-hydrogen) atoms. The van der Waals surface area contributed by atoms with Gasteiger partial charge in [0.25, 0.3) is 11.1 Å². The Balaban J connectivity index is 2.30. The Bertz CT molecular complexity index is 1030. The van der Waals surface area contributed by atoms with E-state index in [2.05, 4.69) is 10.1 Å². The van der Waals surface area contributed by atoms with Gasteiger partial charge < -0.3 is 0 Å². The molecule has 0 atom stereocenters. The molecule has 0 N–H and O–H groups in total. The number of fused-ring (bicyclic) bond motifs is 1. The molecule has 3 aromatic rings. The summed E-state index contributed by atoms with van der Waals surface area (Å²) in [7, 11) is 0. The van der Waals surface area contributed by atoms with Crippen LogP contribution in [0.2, 0.25) is 10.0 Å². The van der Waals surface area contributed by atoms with E-state index in [4.69, 9.17) is 23.2 Å². The maximum atomic E-state index is 12.2. The standard InChI is InChI=1S/C13H7Cl2N3O2S/c1-6-11(19)16-13-18(17-6)12(20)10(21-13)4-7-2-3-8(14)5-9(7)15/h2-5H,1H3. The maximum Gasteiger partial charge on any atom is 0.295 e. The van der Waals surface area contributed by atoms with Crippen molar-refractivity contribution < 1.29 is 0 Å². The smallest absolute Gasteiger partial charge is 0.266 e. The van der Waals surface area contributed by atoms with Crippen molar-refractivity contribution in [2.24, 2.45) is 0 Å². The molecule has 1 aromatic carbocycles. The highest BCUT2D eigenvalue weighted by atomic mass is 35.5. The van der Waals surface area contributed by atoms with Crippen LogP contribution in [0.1, 0.15) is 11.3 Å². The average Bonchev–Trinajstić information content (AvgIpc) is 2.71. The van der Waals surface area contributed by atoms with Crippen LogP contribution in [0.15, 0.2) is 27.8 Å². The Morgan fingerprint density at radius 2 is 2.05 bits per heavy atom. The van der Waals surface area contributed by atoms with Crippen LogP contribution in [-0.2, 0) is 0 Å². The molecule has 3 rings (SSSR count). The first kappa shape index (κ1) is 14.2. The quantitative estimate of drug-likeness (QED) is 0.676. The third kappa shape index (κ3) is 2.57. The molecule has 5 nitrogen and oxygen atoms in total. The first-order valence-electron chi connectivity index (χ1n) is 5.83. The minimum atomic E-state index is -0.438. The van der Waals surface area contributed by atoms with Gasteiger partial charge in [0.05, 0.1) is 4.53 Å². The van der Waals surface area contributed by atoms with E-state index in [9.17, 15) is 9.59 Å². The van der Waals surface area contributed by atoms with Gasteiger partial charge in [-0.3, -0.25) is 9.59 Å². The second kappa shape index (κ2) is 5.22. The molecule has 0 aliphatic rings. The predicted octanol–water partition coefficient (Wildman–Crippen LogP) is 1.67. The summed E-state index contributed by atoms with van der Waals surface area (Å²) in [5, 5.41) is 4.89. The zero-order chi connectivity index (χ0) is 15.1. The molecule has 0 amide bonds. The van der Waals surface area contributed by atoms with Crippen LogP contribution in [0.25, 0.3) is 11.0 Å². The minimum Gasteiger partial charge on any atom is -0.266 e. The van der Waals surface area contributed by atoms with Gasteiger partial charge in [0.1, 0.15) is 5.69 Å². The van der Waals surface area contributed by atoms with Crippen molar-refractivity contribution in [1.29, 1.82) is 0 Å². The molecule has 0 aliphatic carbocycles. The van der Waals surface area contributed by atoms with E-state index < -0.39 is 5.56 Å². The van der Waals surface area contributed by atoms with E-state index in [-0.39, 0.29) is 16.2 Å². The Hall–Kier alpha value is -1.76. The highest BCUT2D eigenvalue weighted by molar-refractivity contribution is 7.15. The van der Waals surface area contributed by atoms with Gasteiger partial charge in [-0.25, -0.2) is 0 Å². The highest BCUT2D eigenvalue weighted by Crippen LogP contribution is 2.21. The van der Waals surface area contributed by atoms with E-state index in [1.807, 2.05) is 0 Å². The largest absolute Gasteiger partial charge is 0.295 e. The normalized spacial score (nSPS) is 12.2. The van der Waals surface area contributed by atoms with Crippen molar-refractivity contribution in [3.63, 3.8) is 0 Å². The summed E-state index contributed by atoms with van der Waals surface area (Å²) in [5.41, 5.74) is 0.0619. The van der Waals surface area contributed by atoms with Gasteiger partial charge in [0.2, 0.25) is 4.96 Å². The van der Waals surface area contributed by atoms with Crippen LogP contribution in [0.5, 0.6) is 0 Å². The maximum absolute atomic E-state index is 12.2. The fourth-order valence-corrected chi connectivity index (χ4v) is 3.10. The summed E-state index contributed by atoms with van der Waals surface area (Å²) in [5.74, 6) is 0. The van der Waals surface area contributed by atoms with E-state index in [1.165, 1.54) is 6.92 Å². The zero-order valence-electron chi connectivity index (χ0n) is 10.6. The third-order valence-corrected chi connectivity index (χ3v) is 4.31. The van der Waals surface area contributed by atoms with Gasteiger partial charge in [-0.05, 0) is 30.7 Å². The lowest BCUT2D eigenvalue weighted by atomic mass is 10.2. The molecule has 8 heteroatoms. The van der Waals surface area contributed by atoms with Crippen molar-refractivity contribution in [3.05, 3.63) is 64.7 Å². The summed E-state index contributed by atoms with van der Waals surface area (Å²) in [6.07, 6.45) is 1.63. The molecule has 0 spiro atoms. The molecule has 0 aliphatic heterocycles. The highest BCUT2D eigenvalue weighted by Gasteiger charge is 2.08. The second-order valence-corrected chi connectivity index (χ2v) is 6.13. The molecule has 2 heterocycles. The summed E-state index contributed by atoms with van der Waals surface area (Å²) in [6, 6.07) is 4.99. The SMILES string of the molecule is Cc1nn2c(=O)c(=Cc3ccc(Cl)cc3Cl)sc2nc1=O. The molecule has 2 aromatic heterocycles. The van der Waals surface area contributed by atoms with Crippen LogP contribution < -0.4 is 15.7 Å². The Morgan fingerprint density at radius 3 is 2.76 bits per heavy atom. The molecular weight excluding hydrogens is 333 g/mol. The van der Waals surface area contributed by atoms with Crippen molar-refractivity contribution in [2.75, 3.05) is 0 Å². The lowest BCUT2D eigenvalue weighted by Gasteiger charge is -1.96. The summed E-state index contributed by atoms with van der Waals surface area (Å²) < 4.78 is 1.51. The molecular formula is C13H7Cl2N3O2S. The average molecular weight is 340 g/mol. The number of aromatic nitrogens is 3. The van der Waals surface area contributed by atoms with Gasteiger partial charge in [0, 0.05) is 10.0 Å². The Kier molecular flexibility index (Phi) is 3.52. The molecule has 0 saturated carbocycles. The fourth-order valence-electron chi connectivity index (χ4n) is 1.75. The van der Waals surface area contributed by atoms with Crippen LogP contribution in [-0.4, -0.2) is 14.6 Å². The van der Waals surface area contributed by atoms with Crippen LogP contribution in [0.4, 0.5) is 0 Å². The van der Waals surface area contributed by atoms with E-state index in [1.54, 1.807) is 24.3 Å². The monoisotopic (exact) mass is 339 g/mol. The van der Waals surface area contributed by atoms with Crippen molar-refractivity contribution in [3.8, 4) is 0 Å². The van der Waals surface area contributed by atoms with Gasteiger partial charge in [-0.15, -0.1) is 0 Å². The molecule has 0 fully saturated rings. The number of rotatable bonds is 1. The first-order chi connectivity index (χ1) is 9.95. The molecule has 0 radical (unpaired) electrons. The zero-order valence-corrected chi connectivity index (χ0v) is 13.0. The number of aryl methyl sites for hydroxylation is 1. The summed E-state index contributed by atoms with van der Waals surface area (Å²) in [4.78, 5) is 27.8. The van der Waals surface area contributed by atoms with Gasteiger partial charge in [-0.1, -0.05) is 40.6 Å². The summed E-state index contributed by atoms with van der Waals surface area (Å²) >= 11 is 13.0. The van der Waals surface area contributed by atoms with Gasteiger partial charge in [-0.2, -0.15) is 14.6 Å². The molecule has 0 bridgehead atoms. The van der Waals surface area contributed by atoms with Crippen LogP contribution in [0.3, 0.4) is 0 Å². The number of hydrogen-bond donors (Lipinski definition) is 0. The lowest BCUT2D eigenvalue weighted by molar-refractivity contribution is 0.833. The van der Waals surface area contributed by atoms with Gasteiger partial charge in [0.15, 0.2) is 0 Å². The van der Waals surface area contributed by atoms with E-state index in [0.717, 1.165) is 15.9 Å². The second-order valence-electron chi connectivity index (χ2n) is 4.28. The molecule has 0 unspecified atom stereocenters. The van der Waals surface area contributed by atoms with Crippen LogP contribution in [0, 0.1) is 6.92 Å². The predicted molar refractivity (Wildman–Crippen MR) is 83.4 cm³/mol. The number of halogens is 2. The van der Waals surface area contributed by atoms with Crippen molar-refractivity contribution >= 4 is 45.6 Å². The molecule has 106 valence electrons. The fraction of sp³-hybridized carbons (Fsp3) is 0.0769. The topological polar surface area (TPSA) is 64.3 Å². The lowest BCUT2D eigenvalue weighted by Crippen LogP contribution is -2.27. The Labute approximate surface area is 132 Å². The van der Waals surface area contributed by atoms with E-state index >= 15 is 0 Å². The number of nitrogens with zero attached hydrogens (tertiary/aromatic N) is 3. The molecule has 0 saturated heterocycles. The minimum absolute atomic E-state index is 0.179. The first-order valence-corrected chi connectivity index (χ1v) is 7.40. The van der Waals surface area contributed by atoms with Crippen molar-refractivity contribution in [2.45, 2.75) is 6.92 Å².